The normalized spacial score (nSPS) is 11.6. The summed E-state index contributed by atoms with van der Waals surface area (Å²) >= 11 is 1.02. The number of nitrogens with one attached hydrogen (secondary N) is 3. The fourth-order valence-corrected chi connectivity index (χ4v) is 5.79. The molecule has 0 aliphatic heterocycles. The second-order valence-electron chi connectivity index (χ2n) is 6.38. The highest BCUT2D eigenvalue weighted by molar-refractivity contribution is 7.94. The number of carbonyl (C=O) groups excluding carboxylic acids is 2. The van der Waals surface area contributed by atoms with Gasteiger partial charge < -0.3 is 0 Å². The first kappa shape index (κ1) is 23.8. The summed E-state index contributed by atoms with van der Waals surface area (Å²) in [7, 11) is -7.45. The van der Waals surface area contributed by atoms with Crippen molar-refractivity contribution in [1.29, 1.82) is 0 Å². The largest absolute Gasteiger partial charge is 0.278 e. The third-order valence-electron chi connectivity index (χ3n) is 3.90. The molecule has 164 valence electrons. The molecule has 0 fully saturated rings. The van der Waals surface area contributed by atoms with Crippen LogP contribution in [0.25, 0.3) is 0 Å². The van der Waals surface area contributed by atoms with Gasteiger partial charge in [0.25, 0.3) is 21.8 Å². The monoisotopic (exact) mass is 473 g/mol. The average Bonchev–Trinajstić information content (AvgIpc) is 3.22. The molecule has 0 radical (unpaired) electrons. The van der Waals surface area contributed by atoms with Gasteiger partial charge in [-0.05, 0) is 30.0 Å². The van der Waals surface area contributed by atoms with Crippen LogP contribution < -0.4 is 15.6 Å². The van der Waals surface area contributed by atoms with Gasteiger partial charge in [-0.3, -0.25) is 25.2 Å². The number of sulfonamides is 1. The van der Waals surface area contributed by atoms with E-state index in [1.807, 2.05) is 6.92 Å². The van der Waals surface area contributed by atoms with E-state index in [1.54, 1.807) is 17.5 Å². The van der Waals surface area contributed by atoms with Gasteiger partial charge in [-0.25, -0.2) is 16.8 Å². The van der Waals surface area contributed by atoms with E-state index in [0.29, 0.717) is 6.42 Å². The fraction of sp³-hybridized carbons (Fsp3) is 0.333. The lowest BCUT2D eigenvalue weighted by molar-refractivity contribution is -0.119. The predicted octanol–water partition coefficient (Wildman–Crippen LogP) is 1.91. The van der Waals surface area contributed by atoms with Crippen LogP contribution in [-0.4, -0.2) is 40.2 Å². The Kier molecular flexibility index (Phi) is 8.38. The second kappa shape index (κ2) is 10.5. The van der Waals surface area contributed by atoms with E-state index >= 15 is 0 Å². The molecular formula is C18H23N3O6S3. The Hall–Kier alpha value is -2.44. The number of benzene rings is 1. The highest BCUT2D eigenvalue weighted by atomic mass is 32.2. The van der Waals surface area contributed by atoms with Gasteiger partial charge in [0.1, 0.15) is 9.96 Å². The zero-order chi connectivity index (χ0) is 22.2. The summed E-state index contributed by atoms with van der Waals surface area (Å²) in [5.41, 5.74) is 4.15. The van der Waals surface area contributed by atoms with Crippen molar-refractivity contribution in [2.24, 2.45) is 0 Å². The molecule has 1 aromatic carbocycles. The number of hydrogen-bond acceptors (Lipinski definition) is 7. The summed E-state index contributed by atoms with van der Waals surface area (Å²) in [5.74, 6) is -2.52. The Balaban J connectivity index is 2.00. The number of hydrazine groups is 1. The van der Waals surface area contributed by atoms with Crippen molar-refractivity contribution in [3.63, 3.8) is 0 Å². The number of para-hydroxylation sites is 1. The van der Waals surface area contributed by atoms with Gasteiger partial charge in [-0.15, -0.1) is 11.3 Å². The van der Waals surface area contributed by atoms with Gasteiger partial charge in [0, 0.05) is 0 Å². The average molecular weight is 474 g/mol. The minimum atomic E-state index is -3.87. The molecule has 0 atom stereocenters. The molecule has 0 spiro atoms. The van der Waals surface area contributed by atoms with E-state index in [0.717, 1.165) is 24.2 Å². The number of thiophene rings is 1. The van der Waals surface area contributed by atoms with Crippen molar-refractivity contribution in [3.8, 4) is 0 Å². The summed E-state index contributed by atoms with van der Waals surface area (Å²) in [6.45, 7) is 1.94. The Morgan fingerprint density at radius 2 is 1.70 bits per heavy atom. The van der Waals surface area contributed by atoms with Gasteiger partial charge in [-0.2, -0.15) is 0 Å². The van der Waals surface area contributed by atoms with Crippen molar-refractivity contribution in [3.05, 3.63) is 47.3 Å². The number of anilines is 1. The summed E-state index contributed by atoms with van der Waals surface area (Å²) in [5, 5.41) is 1.61. The van der Waals surface area contributed by atoms with Gasteiger partial charge in [0.15, 0.2) is 9.84 Å². The van der Waals surface area contributed by atoms with Crippen molar-refractivity contribution in [2.75, 3.05) is 16.2 Å². The Morgan fingerprint density at radius 1 is 0.967 bits per heavy atom. The number of hydrogen-bond donors (Lipinski definition) is 3. The number of carbonyl (C=O) groups is 2. The molecule has 12 heteroatoms. The first-order valence-electron chi connectivity index (χ1n) is 9.09. The van der Waals surface area contributed by atoms with Crippen LogP contribution in [0.4, 0.5) is 5.69 Å². The lowest BCUT2D eigenvalue weighted by atomic mass is 10.2. The molecule has 0 aliphatic carbocycles. The zero-order valence-electron chi connectivity index (χ0n) is 16.3. The molecule has 30 heavy (non-hydrogen) atoms. The highest BCUT2D eigenvalue weighted by Crippen LogP contribution is 2.22. The molecule has 3 N–H and O–H groups in total. The van der Waals surface area contributed by atoms with E-state index < -0.39 is 37.4 Å². The predicted molar refractivity (Wildman–Crippen MR) is 115 cm³/mol. The molecule has 0 saturated heterocycles. The van der Waals surface area contributed by atoms with Crippen LogP contribution >= 0.6 is 11.3 Å². The van der Waals surface area contributed by atoms with Crippen LogP contribution in [0.3, 0.4) is 0 Å². The van der Waals surface area contributed by atoms with Gasteiger partial charge in [-0.1, -0.05) is 38.0 Å². The van der Waals surface area contributed by atoms with Gasteiger partial charge in [0.2, 0.25) is 0 Å². The van der Waals surface area contributed by atoms with E-state index in [4.69, 9.17) is 0 Å². The smallest absolute Gasteiger partial charge is 0.271 e. The van der Waals surface area contributed by atoms with Crippen LogP contribution in [0.1, 0.15) is 36.5 Å². The lowest BCUT2D eigenvalue weighted by Gasteiger charge is -2.12. The molecule has 0 bridgehead atoms. The zero-order valence-corrected chi connectivity index (χ0v) is 18.7. The minimum Gasteiger partial charge on any atom is -0.278 e. The number of unbranched alkanes of at least 4 members (excludes halogenated alkanes) is 2. The molecule has 0 aliphatic rings. The van der Waals surface area contributed by atoms with Crippen molar-refractivity contribution in [2.45, 2.75) is 30.4 Å². The number of amides is 2. The fourth-order valence-electron chi connectivity index (χ4n) is 2.46. The molecule has 2 rings (SSSR count). The van der Waals surface area contributed by atoms with Gasteiger partial charge in [0.05, 0.1) is 17.0 Å². The topological polar surface area (TPSA) is 139 Å². The molecule has 0 saturated carbocycles. The molecule has 1 aromatic heterocycles. The van der Waals surface area contributed by atoms with Crippen molar-refractivity contribution >= 4 is 48.7 Å². The molecule has 9 nitrogen and oxygen atoms in total. The standard InChI is InChI=1S/C18H23N3O6S3/c1-2-3-6-12-29(24,25)13-16(22)19-20-18(23)14-8-4-5-9-15(14)21-30(26,27)17-10-7-11-28-17/h4-5,7-11,21H,2-3,6,12-13H2,1H3,(H,19,22)(H,20,23). The van der Waals surface area contributed by atoms with E-state index in [9.17, 15) is 26.4 Å². The van der Waals surface area contributed by atoms with Gasteiger partial charge >= 0.3 is 0 Å². The quantitative estimate of drug-likeness (QED) is 0.356. The van der Waals surface area contributed by atoms with E-state index in [1.165, 1.54) is 24.3 Å². The summed E-state index contributed by atoms with van der Waals surface area (Å²) in [6.07, 6.45) is 2.07. The number of sulfone groups is 1. The number of rotatable bonds is 10. The Bertz CT molecular complexity index is 1080. The van der Waals surface area contributed by atoms with Crippen LogP contribution in [0.5, 0.6) is 0 Å². The second-order valence-corrected chi connectivity index (χ2v) is 11.4. The first-order chi connectivity index (χ1) is 14.1. The SMILES string of the molecule is CCCCCS(=O)(=O)CC(=O)NNC(=O)c1ccccc1NS(=O)(=O)c1cccs1. The summed E-state index contributed by atoms with van der Waals surface area (Å²) in [4.78, 5) is 24.3. The minimum absolute atomic E-state index is 0.0184. The lowest BCUT2D eigenvalue weighted by Crippen LogP contribution is -2.44. The molecule has 2 aromatic rings. The van der Waals surface area contributed by atoms with Crippen molar-refractivity contribution < 1.29 is 26.4 Å². The molecular weight excluding hydrogens is 450 g/mol. The summed E-state index contributed by atoms with van der Waals surface area (Å²) < 4.78 is 51.0. The van der Waals surface area contributed by atoms with Crippen LogP contribution in [0.15, 0.2) is 46.0 Å². The van der Waals surface area contributed by atoms with Crippen molar-refractivity contribution in [1.82, 2.24) is 10.9 Å². The maximum atomic E-state index is 12.4. The summed E-state index contributed by atoms with van der Waals surface area (Å²) in [6, 6.07) is 8.86. The third-order valence-corrected chi connectivity index (χ3v) is 8.28. The maximum Gasteiger partial charge on any atom is 0.271 e. The van der Waals surface area contributed by atoms with Crippen LogP contribution in [-0.2, 0) is 24.7 Å². The maximum absolute atomic E-state index is 12.4. The molecule has 0 unspecified atom stereocenters. The first-order valence-corrected chi connectivity index (χ1v) is 13.3. The Morgan fingerprint density at radius 3 is 2.37 bits per heavy atom. The van der Waals surface area contributed by atoms with E-state index in [2.05, 4.69) is 15.6 Å². The molecule has 2 amide bonds. The Labute approximate surface area is 179 Å². The van der Waals surface area contributed by atoms with Crippen LogP contribution in [0, 0.1) is 0 Å². The van der Waals surface area contributed by atoms with E-state index in [-0.39, 0.29) is 21.2 Å². The molecule has 1 heterocycles. The highest BCUT2D eigenvalue weighted by Gasteiger charge is 2.21. The van der Waals surface area contributed by atoms with Crippen LogP contribution in [0.2, 0.25) is 0 Å². The third kappa shape index (κ3) is 7.11.